The van der Waals surface area contributed by atoms with E-state index in [1.165, 1.54) is 12.8 Å². The molecule has 0 aliphatic heterocycles. The fourth-order valence-electron chi connectivity index (χ4n) is 1.51. The number of hydrogen-bond donors (Lipinski definition) is 2. The quantitative estimate of drug-likeness (QED) is 0.838. The van der Waals surface area contributed by atoms with Crippen molar-refractivity contribution < 1.29 is 0 Å². The van der Waals surface area contributed by atoms with E-state index in [-0.39, 0.29) is 0 Å². The van der Waals surface area contributed by atoms with Gasteiger partial charge in [0.05, 0.1) is 0 Å². The zero-order valence-electron chi connectivity index (χ0n) is 9.22. The van der Waals surface area contributed by atoms with Crippen molar-refractivity contribution in [3.8, 4) is 0 Å². The molecule has 0 atom stereocenters. The number of anilines is 1. The third-order valence-electron chi connectivity index (χ3n) is 3.06. The zero-order chi connectivity index (χ0) is 11.8. The summed E-state index contributed by atoms with van der Waals surface area (Å²) in [6, 6.07) is 5.93. The average molecular weight is 299 g/mol. The number of hydrogen-bond acceptors (Lipinski definition) is 2. The predicted octanol–water partition coefficient (Wildman–Crippen LogP) is 3.30. The van der Waals surface area contributed by atoms with Crippen molar-refractivity contribution in [3.63, 3.8) is 0 Å². The van der Waals surface area contributed by atoms with E-state index in [0.717, 1.165) is 22.3 Å². The summed E-state index contributed by atoms with van der Waals surface area (Å²) in [7, 11) is 0. The van der Waals surface area contributed by atoms with Gasteiger partial charge in [-0.15, -0.1) is 0 Å². The molecule has 1 aromatic rings. The van der Waals surface area contributed by atoms with E-state index >= 15 is 0 Å². The van der Waals surface area contributed by atoms with Crippen LogP contribution in [-0.2, 0) is 0 Å². The van der Waals surface area contributed by atoms with Crippen LogP contribution in [0.4, 0.5) is 5.69 Å². The molecule has 4 heteroatoms. The predicted molar refractivity (Wildman–Crippen MR) is 75.9 cm³/mol. The summed E-state index contributed by atoms with van der Waals surface area (Å²) in [4.78, 5) is 0.432. The highest BCUT2D eigenvalue weighted by molar-refractivity contribution is 9.10. The Hall–Kier alpha value is -0.610. The van der Waals surface area contributed by atoms with Crippen LogP contribution in [0.25, 0.3) is 0 Å². The molecule has 0 bridgehead atoms. The molecule has 16 heavy (non-hydrogen) atoms. The van der Waals surface area contributed by atoms with Crippen LogP contribution in [0.5, 0.6) is 0 Å². The normalized spacial score (nSPS) is 16.9. The molecule has 2 nitrogen and oxygen atoms in total. The standard InChI is InChI=1S/C12H15BrN2S/c1-12(4-5-12)7-15-10-3-2-8(11(14)16)6-9(10)13/h2-3,6,15H,4-5,7H2,1H3,(H2,14,16). The van der Waals surface area contributed by atoms with E-state index in [4.69, 9.17) is 18.0 Å². The van der Waals surface area contributed by atoms with E-state index in [2.05, 4.69) is 28.2 Å². The molecule has 0 radical (unpaired) electrons. The first-order chi connectivity index (χ1) is 7.50. The maximum absolute atomic E-state index is 5.58. The molecular formula is C12H15BrN2S. The Morgan fingerprint density at radius 2 is 2.25 bits per heavy atom. The van der Waals surface area contributed by atoms with Crippen molar-refractivity contribution in [1.29, 1.82) is 0 Å². The van der Waals surface area contributed by atoms with Crippen molar-refractivity contribution in [1.82, 2.24) is 0 Å². The van der Waals surface area contributed by atoms with Crippen molar-refractivity contribution in [2.75, 3.05) is 11.9 Å². The Morgan fingerprint density at radius 3 is 2.75 bits per heavy atom. The maximum Gasteiger partial charge on any atom is 0.104 e. The molecule has 0 aromatic heterocycles. The highest BCUT2D eigenvalue weighted by atomic mass is 79.9. The molecule has 3 N–H and O–H groups in total. The Bertz CT molecular complexity index is 427. The van der Waals surface area contributed by atoms with Crippen LogP contribution in [0.15, 0.2) is 22.7 Å². The molecule has 1 aromatic carbocycles. The van der Waals surface area contributed by atoms with Gasteiger partial charge in [-0.05, 0) is 52.4 Å². The fraction of sp³-hybridized carbons (Fsp3) is 0.417. The van der Waals surface area contributed by atoms with Crippen LogP contribution < -0.4 is 11.1 Å². The molecule has 1 fully saturated rings. The van der Waals surface area contributed by atoms with Gasteiger partial charge in [-0.2, -0.15) is 0 Å². The number of halogens is 1. The summed E-state index contributed by atoms with van der Waals surface area (Å²) in [6.07, 6.45) is 2.64. The summed E-state index contributed by atoms with van der Waals surface area (Å²) in [5.74, 6) is 0. The lowest BCUT2D eigenvalue weighted by Crippen LogP contribution is -2.13. The molecule has 1 saturated carbocycles. The molecule has 0 amide bonds. The van der Waals surface area contributed by atoms with Gasteiger partial charge in [0.2, 0.25) is 0 Å². The molecule has 1 aliphatic rings. The number of nitrogens with two attached hydrogens (primary N) is 1. The minimum Gasteiger partial charge on any atom is -0.389 e. The summed E-state index contributed by atoms with van der Waals surface area (Å²) < 4.78 is 1.02. The Labute approximate surface area is 110 Å². The topological polar surface area (TPSA) is 38.0 Å². The van der Waals surface area contributed by atoms with Crippen LogP contribution in [0.2, 0.25) is 0 Å². The van der Waals surface area contributed by atoms with E-state index in [1.807, 2.05) is 18.2 Å². The summed E-state index contributed by atoms with van der Waals surface area (Å²) in [5, 5.41) is 3.45. The van der Waals surface area contributed by atoms with Crippen LogP contribution in [0, 0.1) is 5.41 Å². The number of rotatable bonds is 4. The van der Waals surface area contributed by atoms with E-state index in [0.29, 0.717) is 10.4 Å². The second-order valence-electron chi connectivity index (χ2n) is 4.72. The molecule has 86 valence electrons. The van der Waals surface area contributed by atoms with Gasteiger partial charge < -0.3 is 11.1 Å². The van der Waals surface area contributed by atoms with Crippen LogP contribution in [0.3, 0.4) is 0 Å². The molecule has 1 aliphatic carbocycles. The van der Waals surface area contributed by atoms with Crippen molar-refractivity contribution in [2.45, 2.75) is 19.8 Å². The van der Waals surface area contributed by atoms with Gasteiger partial charge >= 0.3 is 0 Å². The Balaban J connectivity index is 2.07. The van der Waals surface area contributed by atoms with Gasteiger partial charge in [0.1, 0.15) is 4.99 Å². The SMILES string of the molecule is CC1(CNc2ccc(C(N)=S)cc2Br)CC1. The summed E-state index contributed by atoms with van der Waals surface area (Å²) in [6.45, 7) is 3.33. The minimum absolute atomic E-state index is 0.432. The van der Waals surface area contributed by atoms with Gasteiger partial charge in [0.25, 0.3) is 0 Å². The lowest BCUT2D eigenvalue weighted by Gasteiger charge is -2.13. The monoisotopic (exact) mass is 298 g/mol. The molecule has 0 unspecified atom stereocenters. The minimum atomic E-state index is 0.432. The van der Waals surface area contributed by atoms with Gasteiger partial charge in [0.15, 0.2) is 0 Å². The first-order valence-electron chi connectivity index (χ1n) is 5.33. The second-order valence-corrected chi connectivity index (χ2v) is 6.02. The molecular weight excluding hydrogens is 284 g/mol. The molecule has 0 saturated heterocycles. The van der Waals surface area contributed by atoms with E-state index < -0.39 is 0 Å². The van der Waals surface area contributed by atoms with Gasteiger partial charge in [-0.1, -0.05) is 19.1 Å². The summed E-state index contributed by atoms with van der Waals surface area (Å²) >= 11 is 8.46. The third kappa shape index (κ3) is 2.74. The van der Waals surface area contributed by atoms with Gasteiger partial charge in [-0.25, -0.2) is 0 Å². The van der Waals surface area contributed by atoms with Gasteiger partial charge in [-0.3, -0.25) is 0 Å². The second kappa shape index (κ2) is 4.34. The van der Waals surface area contributed by atoms with Gasteiger partial charge in [0, 0.05) is 22.3 Å². The number of nitrogens with one attached hydrogen (secondary N) is 1. The van der Waals surface area contributed by atoms with Crippen molar-refractivity contribution in [3.05, 3.63) is 28.2 Å². The fourth-order valence-corrected chi connectivity index (χ4v) is 2.16. The molecule has 0 spiro atoms. The smallest absolute Gasteiger partial charge is 0.104 e. The molecule has 0 heterocycles. The van der Waals surface area contributed by atoms with Crippen LogP contribution in [0.1, 0.15) is 25.3 Å². The van der Waals surface area contributed by atoms with Crippen LogP contribution in [-0.4, -0.2) is 11.5 Å². The zero-order valence-corrected chi connectivity index (χ0v) is 11.6. The van der Waals surface area contributed by atoms with Crippen molar-refractivity contribution in [2.24, 2.45) is 11.1 Å². The summed E-state index contributed by atoms with van der Waals surface area (Å²) in [5.41, 5.74) is 8.08. The lowest BCUT2D eigenvalue weighted by atomic mass is 10.1. The van der Waals surface area contributed by atoms with E-state index in [9.17, 15) is 0 Å². The average Bonchev–Trinajstić information content (AvgIpc) is 2.95. The maximum atomic E-state index is 5.58. The third-order valence-corrected chi connectivity index (χ3v) is 3.95. The van der Waals surface area contributed by atoms with Crippen LogP contribution >= 0.6 is 28.1 Å². The first kappa shape index (κ1) is 11.9. The highest BCUT2D eigenvalue weighted by Gasteiger charge is 2.36. The van der Waals surface area contributed by atoms with Crippen molar-refractivity contribution >= 4 is 38.8 Å². The lowest BCUT2D eigenvalue weighted by molar-refractivity contribution is 0.610. The van der Waals surface area contributed by atoms with E-state index in [1.54, 1.807) is 0 Å². The largest absolute Gasteiger partial charge is 0.389 e. The Morgan fingerprint density at radius 1 is 1.56 bits per heavy atom. The number of thiocarbonyl (C=S) groups is 1. The molecule has 2 rings (SSSR count). The first-order valence-corrected chi connectivity index (χ1v) is 6.54. The number of benzene rings is 1. The highest BCUT2D eigenvalue weighted by Crippen LogP contribution is 2.45. The Kier molecular flexibility index (Phi) is 3.22.